The molecule has 0 saturated carbocycles. The highest BCUT2D eigenvalue weighted by Crippen LogP contribution is 2.31. The number of hydrogen-bond acceptors (Lipinski definition) is 7. The summed E-state index contributed by atoms with van der Waals surface area (Å²) < 4.78 is 0. The maximum absolute atomic E-state index is 11.3. The van der Waals surface area contributed by atoms with Gasteiger partial charge in [0.05, 0.1) is 11.3 Å². The highest BCUT2D eigenvalue weighted by atomic mass is 16.4. The van der Waals surface area contributed by atoms with Crippen molar-refractivity contribution in [3.8, 4) is 11.3 Å². The third kappa shape index (κ3) is 4.65. The van der Waals surface area contributed by atoms with Crippen molar-refractivity contribution in [3.05, 3.63) is 59.8 Å². The topological polar surface area (TPSA) is 85.7 Å². The Balaban J connectivity index is 1.43. The fraction of sp³-hybridized carbons (Fsp3) is 0.407. The minimum atomic E-state index is -0.952. The molecule has 0 amide bonds. The van der Waals surface area contributed by atoms with Gasteiger partial charge in [-0.3, -0.25) is 0 Å². The minimum Gasteiger partial charge on any atom is -0.478 e. The molecule has 2 fully saturated rings. The van der Waals surface area contributed by atoms with Crippen LogP contribution in [0.1, 0.15) is 42.6 Å². The number of anilines is 3. The standard InChI is InChI=1S/C27H32N6O2/c1-18-14-22(26(34)35)16-28-25(18)31-12-13-32(20(3)17-31)24-15-23(21-9-5-4-6-10-21)29-27(30-24)33-11-7-8-19(33)2/h4-6,9-10,14-16,19-20H,7-8,11-13,17H2,1-3H3,(H,34,35). The Morgan fingerprint density at radius 2 is 1.80 bits per heavy atom. The SMILES string of the molecule is Cc1cc(C(=O)O)cnc1N1CCN(c2cc(-c3ccccc3)nc(N3CCCC3C)n2)C(C)C1. The summed E-state index contributed by atoms with van der Waals surface area (Å²) in [7, 11) is 0. The van der Waals surface area contributed by atoms with Crippen molar-refractivity contribution >= 4 is 23.6 Å². The third-order valence-electron chi connectivity index (χ3n) is 7.10. The Labute approximate surface area is 206 Å². The Bertz CT molecular complexity index is 1220. The van der Waals surface area contributed by atoms with Crippen molar-refractivity contribution in [3.63, 3.8) is 0 Å². The van der Waals surface area contributed by atoms with Crippen molar-refractivity contribution in [1.82, 2.24) is 15.0 Å². The number of carbonyl (C=O) groups is 1. The molecule has 2 unspecified atom stereocenters. The Morgan fingerprint density at radius 3 is 2.46 bits per heavy atom. The van der Waals surface area contributed by atoms with Crippen LogP contribution in [0.25, 0.3) is 11.3 Å². The van der Waals surface area contributed by atoms with Crippen molar-refractivity contribution in [1.29, 1.82) is 0 Å². The summed E-state index contributed by atoms with van der Waals surface area (Å²) in [4.78, 5) is 32.7. The number of aromatic carboxylic acids is 1. The normalized spacial score (nSPS) is 20.4. The second-order valence-electron chi connectivity index (χ2n) is 9.62. The number of hydrogen-bond donors (Lipinski definition) is 1. The number of benzene rings is 1. The van der Waals surface area contributed by atoms with Crippen LogP contribution in [0.3, 0.4) is 0 Å². The lowest BCUT2D eigenvalue weighted by atomic mass is 10.1. The molecule has 2 aromatic heterocycles. The van der Waals surface area contributed by atoms with E-state index in [0.29, 0.717) is 6.04 Å². The van der Waals surface area contributed by atoms with E-state index in [4.69, 9.17) is 9.97 Å². The maximum atomic E-state index is 11.3. The van der Waals surface area contributed by atoms with Crippen LogP contribution in [0.2, 0.25) is 0 Å². The van der Waals surface area contributed by atoms with Crippen LogP contribution < -0.4 is 14.7 Å². The van der Waals surface area contributed by atoms with Gasteiger partial charge in [-0.1, -0.05) is 30.3 Å². The van der Waals surface area contributed by atoms with E-state index in [-0.39, 0.29) is 11.6 Å². The van der Waals surface area contributed by atoms with Crippen molar-refractivity contribution < 1.29 is 9.90 Å². The molecule has 35 heavy (non-hydrogen) atoms. The summed E-state index contributed by atoms with van der Waals surface area (Å²) in [5, 5.41) is 9.26. The molecular weight excluding hydrogens is 440 g/mol. The highest BCUT2D eigenvalue weighted by Gasteiger charge is 2.29. The van der Waals surface area contributed by atoms with Crippen LogP contribution in [0, 0.1) is 6.92 Å². The second kappa shape index (κ2) is 9.52. The van der Waals surface area contributed by atoms with Crippen LogP contribution in [0.4, 0.5) is 17.6 Å². The van der Waals surface area contributed by atoms with Crippen LogP contribution in [0.15, 0.2) is 48.7 Å². The van der Waals surface area contributed by atoms with Crippen molar-refractivity contribution in [2.45, 2.75) is 45.7 Å². The largest absolute Gasteiger partial charge is 0.478 e. The van der Waals surface area contributed by atoms with Gasteiger partial charge in [0.25, 0.3) is 0 Å². The van der Waals surface area contributed by atoms with Gasteiger partial charge in [0.1, 0.15) is 11.6 Å². The molecule has 1 aromatic carbocycles. The summed E-state index contributed by atoms with van der Waals surface area (Å²) in [6, 6.07) is 14.7. The molecule has 8 heteroatoms. The van der Waals surface area contributed by atoms with Crippen LogP contribution >= 0.6 is 0 Å². The van der Waals surface area contributed by atoms with E-state index < -0.39 is 5.97 Å². The van der Waals surface area contributed by atoms with Gasteiger partial charge in [-0.25, -0.2) is 14.8 Å². The van der Waals surface area contributed by atoms with E-state index >= 15 is 0 Å². The van der Waals surface area contributed by atoms with E-state index in [1.165, 1.54) is 6.20 Å². The van der Waals surface area contributed by atoms with E-state index in [0.717, 1.165) is 73.4 Å². The first-order valence-electron chi connectivity index (χ1n) is 12.3. The van der Waals surface area contributed by atoms with Gasteiger partial charge in [0, 0.05) is 56.1 Å². The number of pyridine rings is 1. The van der Waals surface area contributed by atoms with Crippen LogP contribution in [-0.4, -0.2) is 64.3 Å². The quantitative estimate of drug-likeness (QED) is 0.590. The molecule has 0 spiro atoms. The Hall–Kier alpha value is -3.68. The summed E-state index contributed by atoms with van der Waals surface area (Å²) in [6.45, 7) is 9.72. The van der Waals surface area contributed by atoms with Gasteiger partial charge < -0.3 is 19.8 Å². The van der Waals surface area contributed by atoms with Gasteiger partial charge in [0.2, 0.25) is 5.95 Å². The highest BCUT2D eigenvalue weighted by molar-refractivity contribution is 5.87. The molecule has 1 N–H and O–H groups in total. The number of carboxylic acids is 1. The van der Waals surface area contributed by atoms with Gasteiger partial charge in [0.15, 0.2) is 0 Å². The van der Waals surface area contributed by atoms with Crippen molar-refractivity contribution in [2.75, 3.05) is 40.9 Å². The molecule has 3 aromatic rings. The molecule has 2 aliphatic heterocycles. The molecule has 2 atom stereocenters. The number of nitrogens with zero attached hydrogens (tertiary/aromatic N) is 6. The molecule has 0 bridgehead atoms. The van der Waals surface area contributed by atoms with E-state index in [9.17, 15) is 9.90 Å². The van der Waals surface area contributed by atoms with Gasteiger partial charge in [-0.2, -0.15) is 4.98 Å². The predicted molar refractivity (Wildman–Crippen MR) is 138 cm³/mol. The van der Waals surface area contributed by atoms with Crippen molar-refractivity contribution in [2.24, 2.45) is 0 Å². The number of rotatable bonds is 5. The molecule has 182 valence electrons. The summed E-state index contributed by atoms with van der Waals surface area (Å²) in [6.07, 6.45) is 3.77. The van der Waals surface area contributed by atoms with Gasteiger partial charge in [-0.15, -0.1) is 0 Å². The average molecular weight is 473 g/mol. The minimum absolute atomic E-state index is 0.200. The van der Waals surface area contributed by atoms with Crippen LogP contribution in [0.5, 0.6) is 0 Å². The third-order valence-corrected chi connectivity index (χ3v) is 7.10. The predicted octanol–water partition coefficient (Wildman–Crippen LogP) is 4.25. The maximum Gasteiger partial charge on any atom is 0.337 e. The Morgan fingerprint density at radius 1 is 1.00 bits per heavy atom. The number of carboxylic acid groups (broad SMARTS) is 1. The first-order valence-corrected chi connectivity index (χ1v) is 12.3. The number of piperazine rings is 1. The smallest absolute Gasteiger partial charge is 0.337 e. The summed E-state index contributed by atoms with van der Waals surface area (Å²) >= 11 is 0. The lowest BCUT2D eigenvalue weighted by Gasteiger charge is -2.41. The van der Waals surface area contributed by atoms with E-state index in [2.05, 4.69) is 51.7 Å². The van der Waals surface area contributed by atoms with Gasteiger partial charge in [-0.05, 0) is 45.2 Å². The monoisotopic (exact) mass is 472 g/mol. The second-order valence-corrected chi connectivity index (χ2v) is 9.62. The first-order chi connectivity index (χ1) is 16.9. The molecule has 2 saturated heterocycles. The first kappa shape index (κ1) is 23.1. The number of aryl methyl sites for hydroxylation is 1. The fourth-order valence-electron chi connectivity index (χ4n) is 5.19. The zero-order valence-electron chi connectivity index (χ0n) is 20.6. The molecule has 8 nitrogen and oxygen atoms in total. The average Bonchev–Trinajstić information content (AvgIpc) is 3.30. The zero-order valence-corrected chi connectivity index (χ0v) is 20.6. The molecule has 2 aliphatic rings. The van der Waals surface area contributed by atoms with E-state index in [1.807, 2.05) is 25.1 Å². The molecule has 0 radical (unpaired) electrons. The van der Waals surface area contributed by atoms with E-state index in [1.54, 1.807) is 6.07 Å². The van der Waals surface area contributed by atoms with Crippen LogP contribution in [-0.2, 0) is 0 Å². The molecular formula is C27H32N6O2. The van der Waals surface area contributed by atoms with Gasteiger partial charge >= 0.3 is 5.97 Å². The molecule has 5 rings (SSSR count). The lowest BCUT2D eigenvalue weighted by molar-refractivity contribution is 0.0696. The molecule has 4 heterocycles. The lowest BCUT2D eigenvalue weighted by Crippen LogP contribution is -2.53. The number of aromatic nitrogens is 3. The zero-order chi connectivity index (χ0) is 24.5. The molecule has 0 aliphatic carbocycles. The fourth-order valence-corrected chi connectivity index (χ4v) is 5.19. The Kier molecular flexibility index (Phi) is 6.28. The summed E-state index contributed by atoms with van der Waals surface area (Å²) in [5.74, 6) is 1.65. The summed E-state index contributed by atoms with van der Waals surface area (Å²) in [5.41, 5.74) is 3.13.